The van der Waals surface area contributed by atoms with Gasteiger partial charge in [0.2, 0.25) is 5.78 Å². The first kappa shape index (κ1) is 13.1. The summed E-state index contributed by atoms with van der Waals surface area (Å²) in [6.45, 7) is 0. The van der Waals surface area contributed by atoms with Crippen LogP contribution in [0.4, 0.5) is 11.4 Å². The highest BCUT2D eigenvalue weighted by Crippen LogP contribution is 2.45. The molecule has 0 aliphatic carbocycles. The zero-order chi connectivity index (χ0) is 15.4. The Morgan fingerprint density at radius 1 is 0.909 bits per heavy atom. The number of aliphatic hydroxyl groups excluding tert-OH is 1. The highest BCUT2D eigenvalue weighted by atomic mass is 16.3. The summed E-state index contributed by atoms with van der Waals surface area (Å²) in [6.07, 6.45) is -0.781. The number of nitrogens with zero attached hydrogens (tertiary/aromatic N) is 2. The van der Waals surface area contributed by atoms with E-state index >= 15 is 0 Å². The van der Waals surface area contributed by atoms with E-state index in [0.717, 1.165) is 16.9 Å². The van der Waals surface area contributed by atoms with E-state index in [0.29, 0.717) is 17.0 Å². The molecular weight excluding hydrogens is 276 g/mol. The van der Waals surface area contributed by atoms with Gasteiger partial charge in [0, 0.05) is 30.9 Å². The standard InChI is InChI=1S/C18H16N2O2/c1-19-13-9-5-3-7-11(13)17(21)15(19)16-18(22)12-8-4-6-10-14(12)20(16)2/h3-10,17,21H,1-2H3/b16-15+. The molecule has 22 heavy (non-hydrogen) atoms. The van der Waals surface area contributed by atoms with E-state index in [4.69, 9.17) is 0 Å². The van der Waals surface area contributed by atoms with Crippen LogP contribution in [0.25, 0.3) is 0 Å². The SMILES string of the molecule is CN1/C(=C2\C(O)c3ccccc3N2C)C(=O)c2ccccc21. The molecule has 0 bridgehead atoms. The Morgan fingerprint density at radius 2 is 1.55 bits per heavy atom. The molecule has 0 spiro atoms. The molecular formula is C18H16N2O2. The molecule has 1 unspecified atom stereocenters. The average Bonchev–Trinajstić information content (AvgIpc) is 2.94. The number of aliphatic hydroxyl groups is 1. The maximum absolute atomic E-state index is 12.8. The Morgan fingerprint density at radius 3 is 2.23 bits per heavy atom. The van der Waals surface area contributed by atoms with Gasteiger partial charge in [0.1, 0.15) is 11.8 Å². The number of allylic oxidation sites excluding steroid dienone is 1. The van der Waals surface area contributed by atoms with Gasteiger partial charge in [-0.15, -0.1) is 0 Å². The number of hydrogen-bond acceptors (Lipinski definition) is 4. The van der Waals surface area contributed by atoms with Gasteiger partial charge in [-0.05, 0) is 18.2 Å². The van der Waals surface area contributed by atoms with Crippen LogP contribution in [0, 0.1) is 0 Å². The second-order valence-electron chi connectivity index (χ2n) is 5.66. The summed E-state index contributed by atoms with van der Waals surface area (Å²) in [6, 6.07) is 15.2. The van der Waals surface area contributed by atoms with Crippen LogP contribution >= 0.6 is 0 Å². The van der Waals surface area contributed by atoms with E-state index in [2.05, 4.69) is 0 Å². The van der Waals surface area contributed by atoms with Crippen molar-refractivity contribution in [3.8, 4) is 0 Å². The van der Waals surface area contributed by atoms with Crippen molar-refractivity contribution in [1.29, 1.82) is 0 Å². The first-order valence-electron chi connectivity index (χ1n) is 7.23. The fourth-order valence-corrected chi connectivity index (χ4v) is 3.42. The molecule has 4 heteroatoms. The normalized spacial score (nSPS) is 23.0. The van der Waals surface area contributed by atoms with Crippen molar-refractivity contribution in [3.63, 3.8) is 0 Å². The summed E-state index contributed by atoms with van der Waals surface area (Å²) in [5, 5.41) is 10.7. The number of rotatable bonds is 0. The first-order chi connectivity index (χ1) is 10.6. The fourth-order valence-electron chi connectivity index (χ4n) is 3.42. The fraction of sp³-hybridized carbons (Fsp3) is 0.167. The molecule has 0 amide bonds. The van der Waals surface area contributed by atoms with Gasteiger partial charge in [0.15, 0.2) is 0 Å². The molecule has 0 saturated carbocycles. The number of para-hydroxylation sites is 2. The lowest BCUT2D eigenvalue weighted by atomic mass is 10.1. The number of carbonyl (C=O) groups excluding carboxylic acids is 1. The summed E-state index contributed by atoms with van der Waals surface area (Å²) < 4.78 is 0. The lowest BCUT2D eigenvalue weighted by molar-refractivity contribution is 0.103. The summed E-state index contributed by atoms with van der Waals surface area (Å²) >= 11 is 0. The lowest BCUT2D eigenvalue weighted by Crippen LogP contribution is -2.25. The number of carbonyl (C=O) groups is 1. The minimum Gasteiger partial charge on any atom is -0.382 e. The molecule has 2 aliphatic heterocycles. The van der Waals surface area contributed by atoms with Crippen LogP contribution in [-0.2, 0) is 0 Å². The van der Waals surface area contributed by atoms with E-state index < -0.39 is 6.10 Å². The van der Waals surface area contributed by atoms with Gasteiger partial charge in [-0.1, -0.05) is 30.3 Å². The highest BCUT2D eigenvalue weighted by Gasteiger charge is 2.39. The molecule has 2 aliphatic rings. The van der Waals surface area contributed by atoms with E-state index in [9.17, 15) is 9.90 Å². The van der Waals surface area contributed by atoms with Crippen LogP contribution in [-0.4, -0.2) is 25.0 Å². The quantitative estimate of drug-likeness (QED) is 0.758. The second kappa shape index (κ2) is 4.45. The number of fused-ring (bicyclic) bond motifs is 2. The largest absolute Gasteiger partial charge is 0.382 e. The third kappa shape index (κ3) is 1.53. The van der Waals surface area contributed by atoms with Crippen molar-refractivity contribution < 1.29 is 9.90 Å². The van der Waals surface area contributed by atoms with Crippen LogP contribution in [0.2, 0.25) is 0 Å². The van der Waals surface area contributed by atoms with Crippen LogP contribution in [0.1, 0.15) is 22.0 Å². The van der Waals surface area contributed by atoms with Crippen LogP contribution in [0.15, 0.2) is 59.9 Å². The Labute approximate surface area is 128 Å². The number of likely N-dealkylation sites (N-methyl/N-ethyl adjacent to an activating group) is 2. The van der Waals surface area contributed by atoms with Gasteiger partial charge in [-0.25, -0.2) is 0 Å². The Balaban J connectivity index is 1.93. The maximum atomic E-state index is 12.8. The van der Waals surface area contributed by atoms with E-state index in [-0.39, 0.29) is 5.78 Å². The third-order valence-corrected chi connectivity index (χ3v) is 4.52. The summed E-state index contributed by atoms with van der Waals surface area (Å²) in [5.41, 5.74) is 4.53. The molecule has 1 N–H and O–H groups in total. The Kier molecular flexibility index (Phi) is 2.65. The number of benzene rings is 2. The topological polar surface area (TPSA) is 43.8 Å². The molecule has 2 aromatic carbocycles. The molecule has 0 aromatic heterocycles. The minimum atomic E-state index is -0.781. The van der Waals surface area contributed by atoms with E-state index in [1.54, 1.807) is 0 Å². The van der Waals surface area contributed by atoms with Crippen LogP contribution < -0.4 is 9.80 Å². The molecule has 110 valence electrons. The molecule has 4 rings (SSSR count). The highest BCUT2D eigenvalue weighted by molar-refractivity contribution is 6.19. The van der Waals surface area contributed by atoms with Crippen molar-refractivity contribution in [3.05, 3.63) is 71.1 Å². The van der Waals surface area contributed by atoms with Crippen molar-refractivity contribution >= 4 is 17.2 Å². The molecule has 1 atom stereocenters. The van der Waals surface area contributed by atoms with Crippen molar-refractivity contribution in [1.82, 2.24) is 0 Å². The predicted octanol–water partition coefficient (Wildman–Crippen LogP) is 2.71. The molecule has 2 aromatic rings. The minimum absolute atomic E-state index is 0.0354. The van der Waals surface area contributed by atoms with Gasteiger partial charge >= 0.3 is 0 Å². The molecule has 0 radical (unpaired) electrons. The third-order valence-electron chi connectivity index (χ3n) is 4.52. The first-order valence-corrected chi connectivity index (χ1v) is 7.23. The molecule has 2 heterocycles. The lowest BCUT2D eigenvalue weighted by Gasteiger charge is -2.22. The molecule has 4 nitrogen and oxygen atoms in total. The van der Waals surface area contributed by atoms with Crippen molar-refractivity contribution in [2.45, 2.75) is 6.10 Å². The molecule has 0 fully saturated rings. The Bertz CT molecular complexity index is 794. The monoisotopic (exact) mass is 292 g/mol. The summed E-state index contributed by atoms with van der Waals surface area (Å²) in [7, 11) is 3.76. The van der Waals surface area contributed by atoms with Gasteiger partial charge < -0.3 is 14.9 Å². The maximum Gasteiger partial charge on any atom is 0.213 e. The van der Waals surface area contributed by atoms with Gasteiger partial charge in [0.25, 0.3) is 0 Å². The van der Waals surface area contributed by atoms with Gasteiger partial charge in [0.05, 0.1) is 11.4 Å². The smallest absolute Gasteiger partial charge is 0.213 e. The second-order valence-corrected chi connectivity index (χ2v) is 5.66. The van der Waals surface area contributed by atoms with Gasteiger partial charge in [-0.3, -0.25) is 4.79 Å². The number of hydrogen-bond donors (Lipinski definition) is 1. The number of anilines is 2. The number of Topliss-reactive ketones (excluding diaryl/α,β-unsaturated/α-hetero) is 1. The Hall–Kier alpha value is -2.59. The molecule has 0 saturated heterocycles. The number of ketones is 1. The summed E-state index contributed by atoms with van der Waals surface area (Å²) in [4.78, 5) is 16.6. The predicted molar refractivity (Wildman–Crippen MR) is 86.0 cm³/mol. The zero-order valence-corrected chi connectivity index (χ0v) is 12.4. The van der Waals surface area contributed by atoms with Crippen molar-refractivity contribution in [2.24, 2.45) is 0 Å². The van der Waals surface area contributed by atoms with E-state index in [1.165, 1.54) is 0 Å². The van der Waals surface area contributed by atoms with Crippen LogP contribution in [0.3, 0.4) is 0 Å². The van der Waals surface area contributed by atoms with Crippen molar-refractivity contribution in [2.75, 3.05) is 23.9 Å². The zero-order valence-electron chi connectivity index (χ0n) is 12.4. The van der Waals surface area contributed by atoms with Crippen LogP contribution in [0.5, 0.6) is 0 Å². The van der Waals surface area contributed by atoms with E-state index in [1.807, 2.05) is 72.4 Å². The van der Waals surface area contributed by atoms with Gasteiger partial charge in [-0.2, -0.15) is 0 Å². The average molecular weight is 292 g/mol. The summed E-state index contributed by atoms with van der Waals surface area (Å²) in [5.74, 6) is -0.0354.